The van der Waals surface area contributed by atoms with Crippen LogP contribution in [0.25, 0.3) is 0 Å². The van der Waals surface area contributed by atoms with Gasteiger partial charge in [0.15, 0.2) is 0 Å². The largest absolute Gasteiger partial charge is 0.0891 e. The van der Waals surface area contributed by atoms with Crippen LogP contribution in [0.3, 0.4) is 0 Å². The van der Waals surface area contributed by atoms with Gasteiger partial charge in [0.25, 0.3) is 0 Å². The molecule has 0 bridgehead atoms. The molecular formula is C12H23Br. The third kappa shape index (κ3) is 5.05. The third-order valence-electron chi connectivity index (χ3n) is 3.09. The Morgan fingerprint density at radius 2 is 1.85 bits per heavy atom. The van der Waals surface area contributed by atoms with E-state index in [-0.39, 0.29) is 0 Å². The molecule has 1 rings (SSSR count). The second-order valence-corrected chi connectivity index (χ2v) is 6.25. The molecule has 1 aliphatic rings. The first-order valence-corrected chi connectivity index (χ1v) is 6.74. The van der Waals surface area contributed by atoms with Gasteiger partial charge in [0, 0.05) is 4.83 Å². The standard InChI is InChI=1S/C12H23Br/c1-10(2)9-12(13)8-7-11-5-3-4-6-11/h10-12H,3-9H2,1-2H3. The Labute approximate surface area is 91.6 Å². The third-order valence-corrected chi connectivity index (χ3v) is 3.92. The Morgan fingerprint density at radius 1 is 1.23 bits per heavy atom. The van der Waals surface area contributed by atoms with Gasteiger partial charge in [0.05, 0.1) is 0 Å². The summed E-state index contributed by atoms with van der Waals surface area (Å²) < 4.78 is 0. The van der Waals surface area contributed by atoms with Gasteiger partial charge in [-0.15, -0.1) is 0 Å². The van der Waals surface area contributed by atoms with E-state index >= 15 is 0 Å². The molecule has 0 N–H and O–H groups in total. The molecule has 13 heavy (non-hydrogen) atoms. The van der Waals surface area contributed by atoms with Crippen molar-refractivity contribution in [1.29, 1.82) is 0 Å². The molecular weight excluding hydrogens is 224 g/mol. The van der Waals surface area contributed by atoms with Crippen LogP contribution in [-0.4, -0.2) is 4.83 Å². The summed E-state index contributed by atoms with van der Waals surface area (Å²) in [5.74, 6) is 1.90. The first-order chi connectivity index (χ1) is 6.18. The average Bonchev–Trinajstić information content (AvgIpc) is 2.51. The van der Waals surface area contributed by atoms with Crippen molar-refractivity contribution in [2.75, 3.05) is 0 Å². The second kappa shape index (κ2) is 6.06. The van der Waals surface area contributed by atoms with E-state index in [0.29, 0.717) is 0 Å². The summed E-state index contributed by atoms with van der Waals surface area (Å²) in [5, 5.41) is 0. The van der Waals surface area contributed by atoms with Crippen molar-refractivity contribution < 1.29 is 0 Å². The van der Waals surface area contributed by atoms with Gasteiger partial charge >= 0.3 is 0 Å². The molecule has 0 saturated heterocycles. The lowest BCUT2D eigenvalue weighted by molar-refractivity contribution is 0.456. The van der Waals surface area contributed by atoms with Crippen LogP contribution < -0.4 is 0 Å². The predicted molar refractivity (Wildman–Crippen MR) is 63.4 cm³/mol. The van der Waals surface area contributed by atoms with Crippen LogP contribution in [-0.2, 0) is 0 Å². The molecule has 0 aliphatic heterocycles. The minimum atomic E-state index is 0.771. The van der Waals surface area contributed by atoms with Crippen molar-refractivity contribution in [2.24, 2.45) is 11.8 Å². The van der Waals surface area contributed by atoms with Crippen molar-refractivity contribution in [1.82, 2.24) is 0 Å². The van der Waals surface area contributed by atoms with E-state index in [1.165, 1.54) is 44.9 Å². The molecule has 0 aromatic rings. The molecule has 1 fully saturated rings. The Balaban J connectivity index is 2.03. The van der Waals surface area contributed by atoms with Crippen molar-refractivity contribution in [3.63, 3.8) is 0 Å². The first kappa shape index (κ1) is 11.6. The minimum Gasteiger partial charge on any atom is -0.0891 e. The molecule has 1 unspecified atom stereocenters. The van der Waals surface area contributed by atoms with E-state index in [1.54, 1.807) is 0 Å². The summed E-state index contributed by atoms with van der Waals surface area (Å²) >= 11 is 3.79. The maximum atomic E-state index is 3.79. The van der Waals surface area contributed by atoms with Crippen molar-refractivity contribution in [2.45, 2.75) is 63.6 Å². The van der Waals surface area contributed by atoms with Crippen LogP contribution in [0, 0.1) is 11.8 Å². The summed E-state index contributed by atoms with van der Waals surface area (Å²) in [6.45, 7) is 4.62. The monoisotopic (exact) mass is 246 g/mol. The van der Waals surface area contributed by atoms with E-state index in [1.807, 2.05) is 0 Å². The number of hydrogen-bond acceptors (Lipinski definition) is 0. The van der Waals surface area contributed by atoms with Gasteiger partial charge in [-0.25, -0.2) is 0 Å². The smallest absolute Gasteiger partial charge is 0.0148 e. The van der Waals surface area contributed by atoms with Crippen LogP contribution in [0.5, 0.6) is 0 Å². The zero-order valence-electron chi connectivity index (χ0n) is 9.06. The lowest BCUT2D eigenvalue weighted by atomic mass is 9.97. The zero-order chi connectivity index (χ0) is 9.68. The molecule has 1 saturated carbocycles. The van der Waals surface area contributed by atoms with Crippen LogP contribution in [0.15, 0.2) is 0 Å². The summed E-state index contributed by atoms with van der Waals surface area (Å²) in [4.78, 5) is 0.771. The Morgan fingerprint density at radius 3 is 2.38 bits per heavy atom. The maximum absolute atomic E-state index is 3.79. The van der Waals surface area contributed by atoms with E-state index in [4.69, 9.17) is 0 Å². The van der Waals surface area contributed by atoms with Gasteiger partial charge in [-0.3, -0.25) is 0 Å². The Kier molecular flexibility index (Phi) is 5.38. The van der Waals surface area contributed by atoms with Crippen molar-refractivity contribution in [3.05, 3.63) is 0 Å². The van der Waals surface area contributed by atoms with Gasteiger partial charge < -0.3 is 0 Å². The highest BCUT2D eigenvalue weighted by Crippen LogP contribution is 2.30. The number of halogens is 1. The minimum absolute atomic E-state index is 0.771. The molecule has 0 radical (unpaired) electrons. The summed E-state index contributed by atoms with van der Waals surface area (Å²) in [5.41, 5.74) is 0. The van der Waals surface area contributed by atoms with Crippen molar-refractivity contribution >= 4 is 15.9 Å². The van der Waals surface area contributed by atoms with Gasteiger partial charge in [0.2, 0.25) is 0 Å². The van der Waals surface area contributed by atoms with Gasteiger partial charge in [-0.1, -0.05) is 55.5 Å². The number of hydrogen-bond donors (Lipinski definition) is 0. The average molecular weight is 247 g/mol. The highest BCUT2D eigenvalue weighted by Gasteiger charge is 2.16. The number of rotatable bonds is 5. The fourth-order valence-electron chi connectivity index (χ4n) is 2.34. The quantitative estimate of drug-likeness (QED) is 0.614. The maximum Gasteiger partial charge on any atom is 0.0148 e. The molecule has 1 heteroatoms. The topological polar surface area (TPSA) is 0 Å². The Bertz CT molecular complexity index is 125. The number of alkyl halides is 1. The lowest BCUT2D eigenvalue weighted by Gasteiger charge is -2.14. The predicted octanol–water partition coefficient (Wildman–Crippen LogP) is 4.77. The molecule has 0 aromatic carbocycles. The molecule has 0 heterocycles. The second-order valence-electron chi connectivity index (χ2n) is 4.95. The van der Waals surface area contributed by atoms with Crippen LogP contribution in [0.2, 0.25) is 0 Å². The van der Waals surface area contributed by atoms with Gasteiger partial charge in [-0.2, -0.15) is 0 Å². The summed E-state index contributed by atoms with van der Waals surface area (Å²) in [6, 6.07) is 0. The van der Waals surface area contributed by atoms with E-state index in [9.17, 15) is 0 Å². The molecule has 0 spiro atoms. The highest BCUT2D eigenvalue weighted by atomic mass is 79.9. The molecule has 0 aromatic heterocycles. The van der Waals surface area contributed by atoms with Gasteiger partial charge in [0.1, 0.15) is 0 Å². The molecule has 0 amide bonds. The van der Waals surface area contributed by atoms with E-state index in [0.717, 1.165) is 16.7 Å². The fraction of sp³-hybridized carbons (Fsp3) is 1.00. The molecule has 1 atom stereocenters. The van der Waals surface area contributed by atoms with Crippen LogP contribution in [0.4, 0.5) is 0 Å². The Hall–Kier alpha value is 0.480. The van der Waals surface area contributed by atoms with Crippen LogP contribution in [0.1, 0.15) is 58.8 Å². The fourth-order valence-corrected chi connectivity index (χ4v) is 3.36. The normalized spacial score (nSPS) is 21.2. The van der Waals surface area contributed by atoms with Gasteiger partial charge in [-0.05, 0) is 31.1 Å². The summed E-state index contributed by atoms with van der Waals surface area (Å²) in [6.07, 6.45) is 10.2. The zero-order valence-corrected chi connectivity index (χ0v) is 10.6. The van der Waals surface area contributed by atoms with Crippen LogP contribution >= 0.6 is 15.9 Å². The van der Waals surface area contributed by atoms with E-state index in [2.05, 4.69) is 29.8 Å². The molecule has 1 aliphatic carbocycles. The van der Waals surface area contributed by atoms with Crippen molar-refractivity contribution in [3.8, 4) is 0 Å². The highest BCUT2D eigenvalue weighted by molar-refractivity contribution is 9.09. The van der Waals surface area contributed by atoms with E-state index < -0.39 is 0 Å². The SMILES string of the molecule is CC(C)CC(Br)CCC1CCCC1. The first-order valence-electron chi connectivity index (χ1n) is 5.82. The molecule has 78 valence electrons. The molecule has 0 nitrogen and oxygen atoms in total. The summed E-state index contributed by atoms with van der Waals surface area (Å²) in [7, 11) is 0. The lowest BCUT2D eigenvalue weighted by Crippen LogP contribution is -2.05.